The fraction of sp³-hybridized carbons (Fsp3) is 0.0263. The van der Waals surface area contributed by atoms with Gasteiger partial charge in [-0.1, -0.05) is 115 Å². The first-order chi connectivity index (χ1) is 20.8. The fourth-order valence-corrected chi connectivity index (χ4v) is 8.67. The van der Waals surface area contributed by atoms with E-state index in [1.165, 1.54) is 63.6 Å². The van der Waals surface area contributed by atoms with Gasteiger partial charge in [0.1, 0.15) is 5.37 Å². The molecule has 3 heterocycles. The van der Waals surface area contributed by atoms with Crippen LogP contribution in [0.5, 0.6) is 0 Å². The summed E-state index contributed by atoms with van der Waals surface area (Å²) in [6.07, 6.45) is 0. The molecular formula is C38H24N2S2. The van der Waals surface area contributed by atoms with Crippen LogP contribution in [0.3, 0.4) is 0 Å². The molecule has 8 aromatic rings. The second-order valence-corrected chi connectivity index (χ2v) is 13.0. The summed E-state index contributed by atoms with van der Waals surface area (Å²) in [5.41, 5.74) is 8.08. The topological polar surface area (TPSA) is 24.9 Å². The van der Waals surface area contributed by atoms with Crippen molar-refractivity contribution in [3.8, 4) is 22.4 Å². The van der Waals surface area contributed by atoms with Crippen LogP contribution in [0.2, 0.25) is 0 Å². The van der Waals surface area contributed by atoms with Crippen LogP contribution >= 0.6 is 23.1 Å². The van der Waals surface area contributed by atoms with Gasteiger partial charge in [0.2, 0.25) is 0 Å². The highest BCUT2D eigenvalue weighted by atomic mass is 32.2. The number of anilines is 1. The molecule has 2 nitrogen and oxygen atoms in total. The maximum Gasteiger partial charge on any atom is 0.103 e. The first kappa shape index (κ1) is 24.0. The molecule has 2 aromatic heterocycles. The average molecular weight is 573 g/mol. The summed E-state index contributed by atoms with van der Waals surface area (Å²) in [5.74, 6) is 0. The highest BCUT2D eigenvalue weighted by molar-refractivity contribution is 8.00. The molecule has 0 bridgehead atoms. The minimum Gasteiger partial charge on any atom is -0.368 e. The van der Waals surface area contributed by atoms with Crippen LogP contribution < -0.4 is 5.32 Å². The summed E-state index contributed by atoms with van der Waals surface area (Å²) in [5, 5.41) is 10.3. The molecule has 198 valence electrons. The van der Waals surface area contributed by atoms with Crippen molar-refractivity contribution >= 4 is 70.6 Å². The number of aromatic nitrogens is 1. The van der Waals surface area contributed by atoms with Crippen molar-refractivity contribution in [1.82, 2.24) is 4.98 Å². The van der Waals surface area contributed by atoms with Gasteiger partial charge in [0.05, 0.1) is 11.2 Å². The van der Waals surface area contributed by atoms with Gasteiger partial charge in [0, 0.05) is 52.5 Å². The molecule has 0 saturated heterocycles. The summed E-state index contributed by atoms with van der Waals surface area (Å²) in [6, 6.07) is 48.2. The van der Waals surface area contributed by atoms with E-state index in [1.54, 1.807) is 0 Å². The van der Waals surface area contributed by atoms with Crippen molar-refractivity contribution in [3.05, 3.63) is 139 Å². The minimum atomic E-state index is 0.238. The van der Waals surface area contributed by atoms with E-state index < -0.39 is 0 Å². The molecule has 0 fully saturated rings. The number of benzene rings is 6. The Morgan fingerprint density at radius 1 is 0.571 bits per heavy atom. The lowest BCUT2D eigenvalue weighted by Gasteiger charge is -2.13. The Labute approximate surface area is 251 Å². The van der Waals surface area contributed by atoms with Gasteiger partial charge >= 0.3 is 0 Å². The van der Waals surface area contributed by atoms with Crippen molar-refractivity contribution < 1.29 is 0 Å². The van der Waals surface area contributed by atoms with Gasteiger partial charge in [-0.3, -0.25) is 0 Å². The number of rotatable bonds is 3. The molecule has 42 heavy (non-hydrogen) atoms. The fourth-order valence-electron chi connectivity index (χ4n) is 6.28. The van der Waals surface area contributed by atoms with Crippen molar-refractivity contribution in [1.29, 1.82) is 0 Å². The monoisotopic (exact) mass is 572 g/mol. The maximum absolute atomic E-state index is 5.26. The van der Waals surface area contributed by atoms with E-state index in [0.717, 1.165) is 16.8 Å². The summed E-state index contributed by atoms with van der Waals surface area (Å²) < 4.78 is 2.65. The van der Waals surface area contributed by atoms with Gasteiger partial charge in [0.25, 0.3) is 0 Å². The van der Waals surface area contributed by atoms with Crippen molar-refractivity contribution in [2.24, 2.45) is 0 Å². The Morgan fingerprint density at radius 3 is 2.26 bits per heavy atom. The maximum atomic E-state index is 5.26. The highest BCUT2D eigenvalue weighted by Gasteiger charge is 2.23. The third kappa shape index (κ3) is 3.76. The molecule has 0 aliphatic carbocycles. The Morgan fingerprint density at radius 2 is 1.33 bits per heavy atom. The number of pyridine rings is 1. The SMILES string of the molecule is c1ccc(C2Nc3cc(-c4cccc(-c5nc6ccccc6c6c5ccc5c7ccccc7sc56)c4)ccc3S2)cc1. The number of thiophene rings is 1. The summed E-state index contributed by atoms with van der Waals surface area (Å²) in [4.78, 5) is 6.55. The first-order valence-electron chi connectivity index (χ1n) is 14.2. The van der Waals surface area contributed by atoms with Gasteiger partial charge in [-0.2, -0.15) is 0 Å². The summed E-state index contributed by atoms with van der Waals surface area (Å²) in [6.45, 7) is 0. The zero-order valence-corrected chi connectivity index (χ0v) is 24.2. The molecule has 1 N–H and O–H groups in total. The smallest absolute Gasteiger partial charge is 0.103 e. The lowest BCUT2D eigenvalue weighted by Crippen LogP contribution is -2.00. The molecule has 6 aromatic carbocycles. The van der Waals surface area contributed by atoms with Crippen molar-refractivity contribution in [2.75, 3.05) is 5.32 Å². The van der Waals surface area contributed by atoms with E-state index >= 15 is 0 Å². The van der Waals surface area contributed by atoms with Crippen LogP contribution in [0.25, 0.3) is 64.2 Å². The summed E-state index contributed by atoms with van der Waals surface area (Å²) >= 11 is 3.76. The Kier molecular flexibility index (Phi) is 5.40. The van der Waals surface area contributed by atoms with Crippen molar-refractivity contribution in [3.63, 3.8) is 0 Å². The van der Waals surface area contributed by atoms with Crippen LogP contribution in [0.1, 0.15) is 10.9 Å². The third-order valence-electron chi connectivity index (χ3n) is 8.29. The lowest BCUT2D eigenvalue weighted by atomic mass is 9.96. The van der Waals surface area contributed by atoms with Gasteiger partial charge in [-0.15, -0.1) is 11.3 Å². The van der Waals surface area contributed by atoms with Crippen LogP contribution in [-0.2, 0) is 0 Å². The number of hydrogen-bond donors (Lipinski definition) is 1. The Hall–Kier alpha value is -4.64. The molecule has 1 aliphatic rings. The predicted molar refractivity (Wildman–Crippen MR) is 182 cm³/mol. The van der Waals surface area contributed by atoms with E-state index in [-0.39, 0.29) is 5.37 Å². The largest absolute Gasteiger partial charge is 0.368 e. The highest BCUT2D eigenvalue weighted by Crippen LogP contribution is 2.48. The van der Waals surface area contributed by atoms with Crippen LogP contribution in [0.4, 0.5) is 5.69 Å². The Bertz CT molecular complexity index is 2320. The summed E-state index contributed by atoms with van der Waals surface area (Å²) in [7, 11) is 0. The molecule has 1 unspecified atom stereocenters. The number of fused-ring (bicyclic) bond motifs is 8. The quantitative estimate of drug-likeness (QED) is 0.213. The number of nitrogens with zero attached hydrogens (tertiary/aromatic N) is 1. The number of thioether (sulfide) groups is 1. The normalized spacial score (nSPS) is 14.5. The molecule has 4 heteroatoms. The van der Waals surface area contributed by atoms with Crippen LogP contribution in [-0.4, -0.2) is 4.98 Å². The van der Waals surface area contributed by atoms with Gasteiger partial charge < -0.3 is 5.32 Å². The third-order valence-corrected chi connectivity index (χ3v) is 10.7. The van der Waals surface area contributed by atoms with E-state index in [0.29, 0.717) is 0 Å². The number of para-hydroxylation sites is 1. The molecular weight excluding hydrogens is 549 g/mol. The first-order valence-corrected chi connectivity index (χ1v) is 15.9. The number of nitrogens with one attached hydrogen (secondary N) is 1. The second-order valence-electron chi connectivity index (χ2n) is 10.8. The second kappa shape index (κ2) is 9.45. The zero-order valence-electron chi connectivity index (χ0n) is 22.5. The van der Waals surface area contributed by atoms with Crippen molar-refractivity contribution in [2.45, 2.75) is 10.3 Å². The molecule has 0 radical (unpaired) electrons. The van der Waals surface area contributed by atoms with Gasteiger partial charge in [-0.25, -0.2) is 4.98 Å². The van der Waals surface area contributed by atoms with Gasteiger partial charge in [-0.05, 0) is 47.0 Å². The van der Waals surface area contributed by atoms with Gasteiger partial charge in [0.15, 0.2) is 0 Å². The molecule has 0 saturated carbocycles. The molecule has 0 spiro atoms. The number of hydrogen-bond acceptors (Lipinski definition) is 4. The van der Waals surface area contributed by atoms with Crippen LogP contribution in [0.15, 0.2) is 138 Å². The van der Waals surface area contributed by atoms with E-state index in [1.807, 2.05) is 23.1 Å². The lowest BCUT2D eigenvalue weighted by molar-refractivity contribution is 1.13. The Balaban J connectivity index is 1.19. The van der Waals surface area contributed by atoms with E-state index in [9.17, 15) is 0 Å². The molecule has 0 amide bonds. The molecule has 1 aliphatic heterocycles. The zero-order chi connectivity index (χ0) is 27.6. The molecule has 9 rings (SSSR count). The average Bonchev–Trinajstić information content (AvgIpc) is 3.66. The minimum absolute atomic E-state index is 0.238. The predicted octanol–water partition coefficient (Wildman–Crippen LogP) is 11.3. The van der Waals surface area contributed by atoms with E-state index in [4.69, 9.17) is 4.98 Å². The van der Waals surface area contributed by atoms with E-state index in [2.05, 4.69) is 139 Å². The molecule has 1 atom stereocenters. The van der Waals surface area contributed by atoms with Crippen LogP contribution in [0, 0.1) is 0 Å². The standard InChI is InChI=1S/C38H24N2S2/c1-2-9-23(10-3-1)38-40-32-22-25(17-20-34(32)42-38)24-11-8-12-26(21-24)36-30-19-18-28-27-13-5-7-16-33(27)41-37(28)35(30)29-14-4-6-15-31(29)39-36/h1-22,38,40H.